The molecule has 3 aromatic rings. The number of carbonyl (C=O) groups is 1. The van der Waals surface area contributed by atoms with Gasteiger partial charge in [-0.05, 0) is 29.8 Å². The Balaban J connectivity index is 1.96. The number of rotatable bonds is 5. The van der Waals surface area contributed by atoms with E-state index in [-0.39, 0.29) is 17.8 Å². The number of aromatic nitrogens is 3. The lowest BCUT2D eigenvalue weighted by Gasteiger charge is -2.10. The first-order chi connectivity index (χ1) is 13.1. The fraction of sp³-hybridized carbons (Fsp3) is 0.118. The molecular weight excluding hydrogens is 389 g/mol. The SMILES string of the molecule is O=C(O)c1nnn(Cc2ccc(OC(F)(F)F)cc2)c1-c1cc(F)cc(F)c1. The molecule has 0 bridgehead atoms. The molecule has 0 radical (unpaired) electrons. The smallest absolute Gasteiger partial charge is 0.476 e. The molecule has 28 heavy (non-hydrogen) atoms. The topological polar surface area (TPSA) is 77.2 Å². The van der Waals surface area contributed by atoms with Crippen molar-refractivity contribution in [3.05, 3.63) is 65.4 Å². The second kappa shape index (κ2) is 7.25. The van der Waals surface area contributed by atoms with Crippen LogP contribution in [0.5, 0.6) is 5.75 Å². The van der Waals surface area contributed by atoms with Gasteiger partial charge < -0.3 is 9.84 Å². The van der Waals surface area contributed by atoms with E-state index in [4.69, 9.17) is 0 Å². The molecule has 6 nitrogen and oxygen atoms in total. The fourth-order valence-corrected chi connectivity index (χ4v) is 2.51. The first kappa shape index (κ1) is 19.3. The first-order valence-corrected chi connectivity index (χ1v) is 7.60. The number of hydrogen-bond donors (Lipinski definition) is 1. The number of carboxylic acid groups (broad SMARTS) is 1. The van der Waals surface area contributed by atoms with Crippen LogP contribution in [0.3, 0.4) is 0 Å². The zero-order valence-corrected chi connectivity index (χ0v) is 13.7. The van der Waals surface area contributed by atoms with Gasteiger partial charge in [-0.15, -0.1) is 18.3 Å². The van der Waals surface area contributed by atoms with Crippen LogP contribution in [0, 0.1) is 11.6 Å². The largest absolute Gasteiger partial charge is 0.573 e. The maximum atomic E-state index is 13.5. The van der Waals surface area contributed by atoms with E-state index >= 15 is 0 Å². The van der Waals surface area contributed by atoms with Crippen molar-refractivity contribution in [3.63, 3.8) is 0 Å². The van der Waals surface area contributed by atoms with Crippen molar-refractivity contribution in [2.75, 3.05) is 0 Å². The van der Waals surface area contributed by atoms with Crippen molar-refractivity contribution < 1.29 is 36.6 Å². The van der Waals surface area contributed by atoms with Gasteiger partial charge in [0.05, 0.1) is 6.54 Å². The Labute approximate surface area is 153 Å². The third kappa shape index (κ3) is 4.42. The van der Waals surface area contributed by atoms with E-state index in [0.29, 0.717) is 11.6 Å². The highest BCUT2D eigenvalue weighted by Crippen LogP contribution is 2.26. The number of ether oxygens (including phenoxy) is 1. The quantitative estimate of drug-likeness (QED) is 0.660. The van der Waals surface area contributed by atoms with Gasteiger partial charge >= 0.3 is 12.3 Å². The van der Waals surface area contributed by atoms with Crippen molar-refractivity contribution >= 4 is 5.97 Å². The molecule has 0 saturated carbocycles. The summed E-state index contributed by atoms with van der Waals surface area (Å²) in [6.45, 7) is -0.111. The Kier molecular flexibility index (Phi) is 4.99. The van der Waals surface area contributed by atoms with Crippen LogP contribution in [0.25, 0.3) is 11.3 Å². The number of alkyl halides is 3. The van der Waals surface area contributed by atoms with E-state index in [1.807, 2.05) is 0 Å². The van der Waals surface area contributed by atoms with Crippen LogP contribution in [0.1, 0.15) is 16.1 Å². The second-order valence-electron chi connectivity index (χ2n) is 5.60. The molecule has 0 spiro atoms. The molecule has 0 unspecified atom stereocenters. The monoisotopic (exact) mass is 399 g/mol. The number of carboxylic acids is 1. The summed E-state index contributed by atoms with van der Waals surface area (Å²) in [5.41, 5.74) is -0.352. The molecular formula is C17H10F5N3O3. The number of hydrogen-bond acceptors (Lipinski definition) is 4. The zero-order chi connectivity index (χ0) is 20.5. The minimum atomic E-state index is -4.83. The molecule has 3 rings (SSSR count). The van der Waals surface area contributed by atoms with Crippen molar-refractivity contribution in [2.24, 2.45) is 0 Å². The molecule has 2 aromatic carbocycles. The molecule has 11 heteroatoms. The van der Waals surface area contributed by atoms with Crippen LogP contribution in [-0.2, 0) is 6.54 Å². The molecule has 1 aromatic heterocycles. The van der Waals surface area contributed by atoms with Crippen molar-refractivity contribution in [1.29, 1.82) is 0 Å². The molecule has 0 amide bonds. The van der Waals surface area contributed by atoms with Gasteiger partial charge in [-0.1, -0.05) is 17.3 Å². The fourth-order valence-electron chi connectivity index (χ4n) is 2.51. The number of aromatic carboxylic acids is 1. The first-order valence-electron chi connectivity index (χ1n) is 7.60. The summed E-state index contributed by atoms with van der Waals surface area (Å²) >= 11 is 0. The highest BCUT2D eigenvalue weighted by molar-refractivity contribution is 5.92. The minimum Gasteiger partial charge on any atom is -0.476 e. The highest BCUT2D eigenvalue weighted by atomic mass is 19.4. The number of halogens is 5. The molecule has 0 aliphatic heterocycles. The van der Waals surface area contributed by atoms with Crippen LogP contribution in [0.2, 0.25) is 0 Å². The summed E-state index contributed by atoms with van der Waals surface area (Å²) in [5, 5.41) is 16.5. The van der Waals surface area contributed by atoms with Crippen LogP contribution in [0.4, 0.5) is 22.0 Å². The van der Waals surface area contributed by atoms with Crippen molar-refractivity contribution in [1.82, 2.24) is 15.0 Å². The molecule has 1 heterocycles. The third-order valence-corrected chi connectivity index (χ3v) is 3.56. The van der Waals surface area contributed by atoms with Crippen LogP contribution < -0.4 is 4.74 Å². The van der Waals surface area contributed by atoms with Crippen molar-refractivity contribution in [2.45, 2.75) is 12.9 Å². The van der Waals surface area contributed by atoms with Gasteiger partial charge in [0, 0.05) is 11.6 Å². The van der Waals surface area contributed by atoms with E-state index in [0.717, 1.165) is 28.9 Å². The summed E-state index contributed by atoms with van der Waals surface area (Å²) in [6, 6.07) is 7.21. The lowest BCUT2D eigenvalue weighted by molar-refractivity contribution is -0.274. The van der Waals surface area contributed by atoms with Gasteiger partial charge in [0.1, 0.15) is 23.1 Å². The Morgan fingerprint density at radius 1 is 1.07 bits per heavy atom. The number of benzene rings is 2. The molecule has 0 saturated heterocycles. The predicted molar refractivity (Wildman–Crippen MR) is 84.6 cm³/mol. The van der Waals surface area contributed by atoms with Gasteiger partial charge in [-0.3, -0.25) is 0 Å². The van der Waals surface area contributed by atoms with E-state index in [9.17, 15) is 31.9 Å². The molecule has 0 aliphatic rings. The average Bonchev–Trinajstić information content (AvgIpc) is 2.98. The van der Waals surface area contributed by atoms with E-state index in [2.05, 4.69) is 15.0 Å². The lowest BCUT2D eigenvalue weighted by atomic mass is 10.1. The zero-order valence-electron chi connectivity index (χ0n) is 13.7. The Morgan fingerprint density at radius 2 is 1.68 bits per heavy atom. The van der Waals surface area contributed by atoms with E-state index < -0.39 is 35.4 Å². The highest BCUT2D eigenvalue weighted by Gasteiger charge is 2.31. The minimum absolute atomic E-state index is 0.100. The molecule has 146 valence electrons. The normalized spacial score (nSPS) is 11.5. The van der Waals surface area contributed by atoms with Gasteiger partial charge in [0.15, 0.2) is 5.69 Å². The maximum absolute atomic E-state index is 13.5. The van der Waals surface area contributed by atoms with Gasteiger partial charge in [0.25, 0.3) is 0 Å². The predicted octanol–water partition coefficient (Wildman–Crippen LogP) is 3.87. The molecule has 0 aliphatic carbocycles. The molecule has 0 atom stereocenters. The van der Waals surface area contributed by atoms with Gasteiger partial charge in [0.2, 0.25) is 0 Å². The maximum Gasteiger partial charge on any atom is 0.573 e. The summed E-state index contributed by atoms with van der Waals surface area (Å²) in [5.74, 6) is -3.74. The standard InChI is InChI=1S/C17H10F5N3O3/c18-11-5-10(6-12(19)7-11)15-14(16(26)27)23-24-25(15)8-9-1-3-13(4-2-9)28-17(20,21)22/h1-7H,8H2,(H,26,27). The number of nitrogens with zero attached hydrogens (tertiary/aromatic N) is 3. The van der Waals surface area contributed by atoms with Crippen molar-refractivity contribution in [3.8, 4) is 17.0 Å². The summed E-state index contributed by atoms with van der Waals surface area (Å²) in [6.07, 6.45) is -4.83. The van der Waals surface area contributed by atoms with Crippen LogP contribution >= 0.6 is 0 Å². The second-order valence-corrected chi connectivity index (χ2v) is 5.60. The van der Waals surface area contributed by atoms with Gasteiger partial charge in [-0.2, -0.15) is 0 Å². The summed E-state index contributed by atoms with van der Waals surface area (Å²) < 4.78 is 68.6. The average molecular weight is 399 g/mol. The lowest BCUT2D eigenvalue weighted by Crippen LogP contribution is -2.17. The summed E-state index contributed by atoms with van der Waals surface area (Å²) in [4.78, 5) is 11.4. The summed E-state index contributed by atoms with van der Waals surface area (Å²) in [7, 11) is 0. The van der Waals surface area contributed by atoms with E-state index in [1.165, 1.54) is 12.1 Å². The van der Waals surface area contributed by atoms with Gasteiger partial charge in [-0.25, -0.2) is 18.3 Å². The molecule has 0 fully saturated rings. The van der Waals surface area contributed by atoms with Crippen LogP contribution in [-0.4, -0.2) is 32.4 Å². The van der Waals surface area contributed by atoms with E-state index in [1.54, 1.807) is 0 Å². The van der Waals surface area contributed by atoms with Crippen LogP contribution in [0.15, 0.2) is 42.5 Å². The Morgan fingerprint density at radius 3 is 2.21 bits per heavy atom. The Bertz CT molecular complexity index is 996. The third-order valence-electron chi connectivity index (χ3n) is 3.56. The molecule has 1 N–H and O–H groups in total. The Hall–Kier alpha value is -3.50.